The van der Waals surface area contributed by atoms with Crippen LogP contribution in [0.15, 0.2) is 63.5 Å². The largest absolute Gasteiger partial charge is 0.495 e. The molecule has 0 radical (unpaired) electrons. The molecule has 7 heteroatoms. The van der Waals surface area contributed by atoms with Crippen LogP contribution in [0.5, 0.6) is 11.5 Å². The van der Waals surface area contributed by atoms with Crippen LogP contribution in [0.1, 0.15) is 21.5 Å². The number of halogens is 2. The fraction of sp³-hybridized carbons (Fsp3) is 0.154. The molecule has 0 atom stereocenters. The highest BCUT2D eigenvalue weighted by Gasteiger charge is 2.18. The van der Waals surface area contributed by atoms with Crippen LogP contribution in [0.25, 0.3) is 22.2 Å². The van der Waals surface area contributed by atoms with Gasteiger partial charge in [0.25, 0.3) is 5.91 Å². The fourth-order valence-electron chi connectivity index (χ4n) is 3.79. The van der Waals surface area contributed by atoms with Gasteiger partial charge in [0.15, 0.2) is 0 Å². The van der Waals surface area contributed by atoms with Gasteiger partial charge in [0, 0.05) is 27.6 Å². The molecule has 1 N–H and O–H groups in total. The molecule has 0 fully saturated rings. The van der Waals surface area contributed by atoms with Crippen molar-refractivity contribution in [1.82, 2.24) is 4.98 Å². The third kappa shape index (κ3) is 4.75. The third-order valence-corrected chi connectivity index (χ3v) is 6.50. The summed E-state index contributed by atoms with van der Waals surface area (Å²) < 4.78 is 12.6. The maximum atomic E-state index is 13.6. The first-order valence-corrected chi connectivity index (χ1v) is 11.8. The van der Waals surface area contributed by atoms with Gasteiger partial charge in [-0.3, -0.25) is 4.79 Å². The Morgan fingerprint density at radius 1 is 0.909 bits per heavy atom. The van der Waals surface area contributed by atoms with Crippen molar-refractivity contribution in [1.29, 1.82) is 0 Å². The Hall–Kier alpha value is -2.90. The molecule has 0 spiro atoms. The van der Waals surface area contributed by atoms with E-state index in [0.29, 0.717) is 22.7 Å². The lowest BCUT2D eigenvalue weighted by Gasteiger charge is -2.15. The van der Waals surface area contributed by atoms with Gasteiger partial charge in [-0.25, -0.2) is 4.98 Å². The molecule has 0 saturated heterocycles. The Bertz CT molecular complexity index is 1370. The number of pyridine rings is 1. The zero-order valence-electron chi connectivity index (χ0n) is 18.6. The van der Waals surface area contributed by atoms with E-state index in [4.69, 9.17) is 14.5 Å². The number of hydrogen-bond donors (Lipinski definition) is 1. The molecule has 4 rings (SSSR count). The van der Waals surface area contributed by atoms with E-state index in [2.05, 4.69) is 43.2 Å². The monoisotopic (exact) mass is 568 g/mol. The SMILES string of the molecule is COc1cc(NC(=O)c2cc(-c3ccc(Br)cc3)nc3c(C)cc(C)cc23)c(OC)cc1Br. The first-order chi connectivity index (χ1) is 15.8. The van der Waals surface area contributed by atoms with Gasteiger partial charge in [-0.2, -0.15) is 0 Å². The number of carbonyl (C=O) groups is 1. The highest BCUT2D eigenvalue weighted by Crippen LogP contribution is 2.37. The van der Waals surface area contributed by atoms with Crippen LogP contribution in [0, 0.1) is 13.8 Å². The van der Waals surface area contributed by atoms with Gasteiger partial charge in [-0.15, -0.1) is 0 Å². The van der Waals surface area contributed by atoms with E-state index in [-0.39, 0.29) is 5.91 Å². The molecule has 168 valence electrons. The van der Waals surface area contributed by atoms with Gasteiger partial charge in [-0.05, 0) is 59.6 Å². The smallest absolute Gasteiger partial charge is 0.256 e. The van der Waals surface area contributed by atoms with E-state index in [9.17, 15) is 4.79 Å². The van der Waals surface area contributed by atoms with Crippen LogP contribution in [-0.2, 0) is 0 Å². The van der Waals surface area contributed by atoms with E-state index in [1.807, 2.05) is 50.2 Å². The summed E-state index contributed by atoms with van der Waals surface area (Å²) in [5, 5.41) is 3.80. The number of methoxy groups -OCH3 is 2. The number of nitrogens with zero attached hydrogens (tertiary/aromatic N) is 1. The maximum Gasteiger partial charge on any atom is 0.256 e. The zero-order chi connectivity index (χ0) is 23.7. The summed E-state index contributed by atoms with van der Waals surface area (Å²) in [7, 11) is 3.13. The van der Waals surface area contributed by atoms with Crippen LogP contribution < -0.4 is 14.8 Å². The molecule has 0 bridgehead atoms. The predicted molar refractivity (Wildman–Crippen MR) is 140 cm³/mol. The van der Waals surface area contributed by atoms with E-state index in [0.717, 1.165) is 42.2 Å². The standard InChI is InChI=1S/C26H22Br2N2O3/c1-14-9-15(2)25-18(10-14)19(11-21(29-25)16-5-7-17(27)8-6-16)26(31)30-22-13-23(32-3)20(28)12-24(22)33-4/h5-13H,1-4H3,(H,30,31). The van der Waals surface area contributed by atoms with Crippen molar-refractivity contribution in [2.24, 2.45) is 0 Å². The zero-order valence-corrected chi connectivity index (χ0v) is 21.8. The molecule has 1 heterocycles. The van der Waals surface area contributed by atoms with Crippen LogP contribution in [-0.4, -0.2) is 25.1 Å². The number of carbonyl (C=O) groups excluding carboxylic acids is 1. The number of fused-ring (bicyclic) bond motifs is 1. The van der Waals surface area contributed by atoms with E-state index in [1.54, 1.807) is 26.4 Å². The Morgan fingerprint density at radius 3 is 2.27 bits per heavy atom. The Labute approximate surface area is 209 Å². The van der Waals surface area contributed by atoms with Crippen LogP contribution >= 0.6 is 31.9 Å². The number of aromatic nitrogens is 1. The second kappa shape index (κ2) is 9.53. The Balaban J connectivity index is 1.87. The number of aryl methyl sites for hydroxylation is 2. The number of nitrogens with one attached hydrogen (secondary N) is 1. The lowest BCUT2D eigenvalue weighted by molar-refractivity contribution is 0.102. The van der Waals surface area contributed by atoms with E-state index >= 15 is 0 Å². The maximum absolute atomic E-state index is 13.6. The second-order valence-electron chi connectivity index (χ2n) is 7.68. The number of benzene rings is 3. The number of rotatable bonds is 5. The number of anilines is 1. The molecule has 33 heavy (non-hydrogen) atoms. The van der Waals surface area contributed by atoms with Crippen molar-refractivity contribution in [3.63, 3.8) is 0 Å². The number of hydrogen-bond acceptors (Lipinski definition) is 4. The summed E-state index contributed by atoms with van der Waals surface area (Å²) in [5.74, 6) is 0.858. The second-order valence-corrected chi connectivity index (χ2v) is 9.45. The molecule has 0 aliphatic rings. The van der Waals surface area contributed by atoms with Crippen LogP contribution in [0.4, 0.5) is 5.69 Å². The molecular weight excluding hydrogens is 548 g/mol. The van der Waals surface area contributed by atoms with E-state index in [1.165, 1.54) is 0 Å². The number of amides is 1. The van der Waals surface area contributed by atoms with Gasteiger partial charge in [0.1, 0.15) is 11.5 Å². The van der Waals surface area contributed by atoms with E-state index < -0.39 is 0 Å². The van der Waals surface area contributed by atoms with Crippen molar-refractivity contribution < 1.29 is 14.3 Å². The van der Waals surface area contributed by atoms with Crippen LogP contribution in [0.3, 0.4) is 0 Å². The van der Waals surface area contributed by atoms with Gasteiger partial charge in [0.05, 0.1) is 41.2 Å². The molecular formula is C26H22Br2N2O3. The van der Waals surface area contributed by atoms with Crippen molar-refractivity contribution in [3.05, 3.63) is 80.2 Å². The van der Waals surface area contributed by atoms with Gasteiger partial charge >= 0.3 is 0 Å². The molecule has 0 aliphatic heterocycles. The van der Waals surface area contributed by atoms with Crippen molar-refractivity contribution >= 4 is 54.4 Å². The van der Waals surface area contributed by atoms with Gasteiger partial charge in [0.2, 0.25) is 0 Å². The van der Waals surface area contributed by atoms with Gasteiger partial charge < -0.3 is 14.8 Å². The highest BCUT2D eigenvalue weighted by atomic mass is 79.9. The topological polar surface area (TPSA) is 60.5 Å². The predicted octanol–water partition coefficient (Wildman–Crippen LogP) is 7.31. The lowest BCUT2D eigenvalue weighted by atomic mass is 9.99. The number of ether oxygens (including phenoxy) is 2. The van der Waals surface area contributed by atoms with Gasteiger partial charge in [-0.1, -0.05) is 39.7 Å². The summed E-state index contributed by atoms with van der Waals surface area (Å²) in [6.45, 7) is 4.03. The average Bonchev–Trinajstić information content (AvgIpc) is 2.79. The molecule has 3 aromatic carbocycles. The van der Waals surface area contributed by atoms with Crippen molar-refractivity contribution in [2.45, 2.75) is 13.8 Å². The van der Waals surface area contributed by atoms with Crippen LogP contribution in [0.2, 0.25) is 0 Å². The summed E-state index contributed by atoms with van der Waals surface area (Å²) in [5.41, 5.74) is 5.59. The Kier molecular flexibility index (Phi) is 6.72. The van der Waals surface area contributed by atoms with Crippen molar-refractivity contribution in [2.75, 3.05) is 19.5 Å². The Morgan fingerprint density at radius 2 is 1.61 bits per heavy atom. The minimum Gasteiger partial charge on any atom is -0.495 e. The quantitative estimate of drug-likeness (QED) is 0.274. The normalized spacial score (nSPS) is 10.8. The fourth-order valence-corrected chi connectivity index (χ4v) is 4.53. The third-order valence-electron chi connectivity index (χ3n) is 5.36. The molecule has 4 aromatic rings. The molecule has 1 amide bonds. The van der Waals surface area contributed by atoms with Crippen molar-refractivity contribution in [3.8, 4) is 22.8 Å². The molecule has 5 nitrogen and oxygen atoms in total. The summed E-state index contributed by atoms with van der Waals surface area (Å²) in [6, 6.07) is 17.3. The molecule has 0 unspecified atom stereocenters. The minimum absolute atomic E-state index is 0.256. The summed E-state index contributed by atoms with van der Waals surface area (Å²) in [6.07, 6.45) is 0. The minimum atomic E-state index is -0.256. The first kappa shape index (κ1) is 23.3. The average molecular weight is 570 g/mol. The summed E-state index contributed by atoms with van der Waals surface area (Å²) in [4.78, 5) is 18.5. The highest BCUT2D eigenvalue weighted by molar-refractivity contribution is 9.10. The molecule has 0 saturated carbocycles. The molecule has 1 aromatic heterocycles. The molecule has 0 aliphatic carbocycles. The first-order valence-electron chi connectivity index (χ1n) is 10.2. The lowest BCUT2D eigenvalue weighted by Crippen LogP contribution is -2.14. The summed E-state index contributed by atoms with van der Waals surface area (Å²) >= 11 is 6.93.